The molecule has 0 aliphatic heterocycles. The molecule has 0 saturated heterocycles. The van der Waals surface area contributed by atoms with Gasteiger partial charge in [0.1, 0.15) is 0 Å². The molecule has 7 heteroatoms. The van der Waals surface area contributed by atoms with Gasteiger partial charge in [-0.1, -0.05) is 30.3 Å². The van der Waals surface area contributed by atoms with E-state index in [4.69, 9.17) is 5.73 Å². The highest BCUT2D eigenvalue weighted by Gasteiger charge is 2.24. The molecule has 0 aliphatic rings. The van der Waals surface area contributed by atoms with Crippen LogP contribution in [-0.4, -0.2) is 57.3 Å². The van der Waals surface area contributed by atoms with E-state index in [1.807, 2.05) is 49.3 Å². The van der Waals surface area contributed by atoms with Crippen LogP contribution in [0.2, 0.25) is 0 Å². The quantitative estimate of drug-likeness (QED) is 0.673. The average Bonchev–Trinajstić information content (AvgIpc) is 2.65. The summed E-state index contributed by atoms with van der Waals surface area (Å²) in [5.74, 6) is -0.578. The van der Waals surface area contributed by atoms with Gasteiger partial charge >= 0.3 is 0 Å². The van der Waals surface area contributed by atoms with Crippen molar-refractivity contribution in [1.82, 2.24) is 9.21 Å². The largest absolute Gasteiger partial charge is 0.366 e. The van der Waals surface area contributed by atoms with Gasteiger partial charge < -0.3 is 10.6 Å². The van der Waals surface area contributed by atoms with Crippen molar-refractivity contribution < 1.29 is 13.2 Å². The summed E-state index contributed by atoms with van der Waals surface area (Å²) >= 11 is 0. The Kier molecular flexibility index (Phi) is 7.53. The minimum Gasteiger partial charge on any atom is -0.366 e. The topological polar surface area (TPSA) is 83.7 Å². The Morgan fingerprint density at radius 2 is 1.56 bits per heavy atom. The van der Waals surface area contributed by atoms with Crippen LogP contribution in [0.3, 0.4) is 0 Å². The maximum Gasteiger partial charge on any atom is 0.248 e. The second-order valence-corrected chi connectivity index (χ2v) is 8.62. The molecule has 2 rings (SSSR count). The van der Waals surface area contributed by atoms with Gasteiger partial charge in [-0.25, -0.2) is 8.42 Å². The molecular formula is C20H27N3O3S. The number of carbonyl (C=O) groups excluding carboxylic acids is 1. The van der Waals surface area contributed by atoms with Crippen molar-refractivity contribution in [1.29, 1.82) is 0 Å². The van der Waals surface area contributed by atoms with E-state index >= 15 is 0 Å². The minimum atomic E-state index is -3.64. The zero-order valence-electron chi connectivity index (χ0n) is 15.8. The first kappa shape index (κ1) is 21.1. The van der Waals surface area contributed by atoms with Crippen LogP contribution in [0.5, 0.6) is 0 Å². The Morgan fingerprint density at radius 3 is 2.11 bits per heavy atom. The van der Waals surface area contributed by atoms with Gasteiger partial charge in [0.15, 0.2) is 0 Å². The van der Waals surface area contributed by atoms with Gasteiger partial charge in [0, 0.05) is 25.2 Å². The third kappa shape index (κ3) is 6.16. The van der Waals surface area contributed by atoms with E-state index in [2.05, 4.69) is 0 Å². The van der Waals surface area contributed by atoms with E-state index in [0.29, 0.717) is 19.6 Å². The van der Waals surface area contributed by atoms with Gasteiger partial charge in [-0.05, 0) is 56.8 Å². The van der Waals surface area contributed by atoms with Crippen molar-refractivity contribution in [3.63, 3.8) is 0 Å². The van der Waals surface area contributed by atoms with Gasteiger partial charge in [-0.15, -0.1) is 0 Å². The van der Waals surface area contributed by atoms with E-state index in [1.165, 1.54) is 34.1 Å². The monoisotopic (exact) mass is 389 g/mol. The van der Waals surface area contributed by atoms with E-state index in [0.717, 1.165) is 12.8 Å². The summed E-state index contributed by atoms with van der Waals surface area (Å²) in [4.78, 5) is 13.3. The Bertz CT molecular complexity index is 835. The standard InChI is InChI=1S/C20H27N3O3S/c1-22(2)15-16-23(14-6-9-17-7-4-3-5-8-17)27(25,26)19-12-10-18(11-13-19)20(21)24/h3-5,7-8,10-13H,6,9,14-16H2,1-2H3,(H2,21,24). The van der Waals surface area contributed by atoms with Gasteiger partial charge in [0.2, 0.25) is 15.9 Å². The number of hydrogen-bond donors (Lipinski definition) is 1. The van der Waals surface area contributed by atoms with Crippen molar-refractivity contribution in [2.45, 2.75) is 17.7 Å². The zero-order valence-corrected chi connectivity index (χ0v) is 16.7. The second kappa shape index (κ2) is 9.64. The maximum atomic E-state index is 13.1. The fourth-order valence-corrected chi connectivity index (χ4v) is 4.18. The molecule has 0 atom stereocenters. The highest BCUT2D eigenvalue weighted by Crippen LogP contribution is 2.17. The summed E-state index contributed by atoms with van der Waals surface area (Å²) in [5.41, 5.74) is 6.71. The fraction of sp³-hybridized carbons (Fsp3) is 0.350. The number of nitrogens with two attached hydrogens (primary N) is 1. The molecule has 27 heavy (non-hydrogen) atoms. The summed E-state index contributed by atoms with van der Waals surface area (Å²) in [7, 11) is 0.187. The van der Waals surface area contributed by atoms with Crippen molar-refractivity contribution in [3.8, 4) is 0 Å². The number of rotatable bonds is 10. The fourth-order valence-electron chi connectivity index (χ4n) is 2.71. The Morgan fingerprint density at radius 1 is 0.926 bits per heavy atom. The smallest absolute Gasteiger partial charge is 0.248 e. The second-order valence-electron chi connectivity index (χ2n) is 6.69. The van der Waals surface area contributed by atoms with Crippen molar-refractivity contribution in [2.24, 2.45) is 5.73 Å². The lowest BCUT2D eigenvalue weighted by atomic mass is 10.1. The molecule has 0 fully saturated rings. The zero-order chi connectivity index (χ0) is 19.9. The average molecular weight is 390 g/mol. The van der Waals surface area contributed by atoms with Crippen LogP contribution in [0.1, 0.15) is 22.3 Å². The highest BCUT2D eigenvalue weighted by molar-refractivity contribution is 7.89. The first-order valence-corrected chi connectivity index (χ1v) is 10.3. The van der Waals surface area contributed by atoms with Crippen molar-refractivity contribution in [2.75, 3.05) is 33.7 Å². The number of aryl methyl sites for hydroxylation is 1. The number of primary amides is 1. The van der Waals surface area contributed by atoms with Crippen LogP contribution in [0.15, 0.2) is 59.5 Å². The van der Waals surface area contributed by atoms with Crippen LogP contribution < -0.4 is 5.73 Å². The Hall–Kier alpha value is -2.22. The number of likely N-dealkylation sites (N-methyl/N-ethyl adjacent to an activating group) is 1. The third-order valence-corrected chi connectivity index (χ3v) is 6.20. The van der Waals surface area contributed by atoms with Gasteiger partial charge in [-0.3, -0.25) is 4.79 Å². The number of hydrogen-bond acceptors (Lipinski definition) is 4. The molecule has 0 aliphatic carbocycles. The van der Waals surface area contributed by atoms with Gasteiger partial charge in [0.25, 0.3) is 0 Å². The SMILES string of the molecule is CN(C)CCN(CCCc1ccccc1)S(=O)(=O)c1ccc(C(N)=O)cc1. The van der Waals surface area contributed by atoms with E-state index in [9.17, 15) is 13.2 Å². The van der Waals surface area contributed by atoms with Crippen LogP contribution in [0.25, 0.3) is 0 Å². The number of nitrogens with zero attached hydrogens (tertiary/aromatic N) is 2. The summed E-state index contributed by atoms with van der Waals surface area (Å²) < 4.78 is 27.6. The van der Waals surface area contributed by atoms with Crippen LogP contribution in [0, 0.1) is 0 Å². The van der Waals surface area contributed by atoms with Crippen LogP contribution in [0.4, 0.5) is 0 Å². The molecule has 0 radical (unpaired) electrons. The molecule has 0 aromatic heterocycles. The predicted molar refractivity (Wildman–Crippen MR) is 107 cm³/mol. The Labute approximate surface area is 161 Å². The van der Waals surface area contributed by atoms with Gasteiger partial charge in [0.05, 0.1) is 4.90 Å². The van der Waals surface area contributed by atoms with E-state index in [1.54, 1.807) is 0 Å². The molecule has 0 heterocycles. The lowest BCUT2D eigenvalue weighted by Crippen LogP contribution is -2.37. The lowest BCUT2D eigenvalue weighted by molar-refractivity contribution is 0.1000. The van der Waals surface area contributed by atoms with Crippen LogP contribution in [-0.2, 0) is 16.4 Å². The maximum absolute atomic E-state index is 13.1. The molecular weight excluding hydrogens is 362 g/mol. The van der Waals surface area contributed by atoms with Crippen molar-refractivity contribution in [3.05, 3.63) is 65.7 Å². The summed E-state index contributed by atoms with van der Waals surface area (Å²) in [5, 5.41) is 0. The molecule has 0 bridgehead atoms. The lowest BCUT2D eigenvalue weighted by Gasteiger charge is -2.24. The van der Waals surface area contributed by atoms with E-state index < -0.39 is 15.9 Å². The third-order valence-electron chi connectivity index (χ3n) is 4.29. The molecule has 0 unspecified atom stereocenters. The summed E-state index contributed by atoms with van der Waals surface area (Å²) in [6.45, 7) is 1.47. The minimum absolute atomic E-state index is 0.172. The summed E-state index contributed by atoms with van der Waals surface area (Å²) in [6.07, 6.45) is 1.55. The normalized spacial score (nSPS) is 11.9. The molecule has 2 aromatic carbocycles. The first-order valence-electron chi connectivity index (χ1n) is 8.89. The highest BCUT2D eigenvalue weighted by atomic mass is 32.2. The summed E-state index contributed by atoms with van der Waals surface area (Å²) in [6, 6.07) is 15.8. The predicted octanol–water partition coefficient (Wildman–Crippen LogP) is 1.97. The molecule has 6 nitrogen and oxygen atoms in total. The Balaban J connectivity index is 2.13. The number of carbonyl (C=O) groups is 1. The molecule has 2 N–H and O–H groups in total. The van der Waals surface area contributed by atoms with E-state index in [-0.39, 0.29) is 10.5 Å². The molecule has 1 amide bonds. The van der Waals surface area contributed by atoms with Crippen LogP contribution >= 0.6 is 0 Å². The molecule has 0 spiro atoms. The number of amides is 1. The molecule has 0 saturated carbocycles. The van der Waals surface area contributed by atoms with Crippen molar-refractivity contribution >= 4 is 15.9 Å². The van der Waals surface area contributed by atoms with Gasteiger partial charge in [-0.2, -0.15) is 4.31 Å². The number of sulfonamides is 1. The molecule has 146 valence electrons. The molecule has 2 aromatic rings. The first-order chi connectivity index (χ1) is 12.8. The number of benzene rings is 2.